The summed E-state index contributed by atoms with van der Waals surface area (Å²) in [7, 11) is 2.08. The maximum Gasteiger partial charge on any atom is 0.314 e. The van der Waals surface area contributed by atoms with Crippen molar-refractivity contribution < 1.29 is 9.53 Å². The van der Waals surface area contributed by atoms with Gasteiger partial charge in [-0.15, -0.1) is 11.3 Å². The quantitative estimate of drug-likeness (QED) is 0.397. The molecular formula is C21H30N8O2S. The van der Waals surface area contributed by atoms with Crippen molar-refractivity contribution in [3.63, 3.8) is 0 Å². The van der Waals surface area contributed by atoms with Gasteiger partial charge in [-0.3, -0.25) is 4.57 Å². The van der Waals surface area contributed by atoms with Crippen LogP contribution in [0.15, 0.2) is 30.2 Å². The third-order valence-corrected chi connectivity index (χ3v) is 6.47. The summed E-state index contributed by atoms with van der Waals surface area (Å²) < 4.78 is 8.18. The Morgan fingerprint density at radius 1 is 1.31 bits per heavy atom. The van der Waals surface area contributed by atoms with E-state index in [9.17, 15) is 4.79 Å². The van der Waals surface area contributed by atoms with Gasteiger partial charge >= 0.3 is 6.03 Å². The van der Waals surface area contributed by atoms with Crippen molar-refractivity contribution in [1.29, 1.82) is 0 Å². The molecule has 0 spiro atoms. The van der Waals surface area contributed by atoms with Crippen molar-refractivity contribution in [2.24, 2.45) is 0 Å². The van der Waals surface area contributed by atoms with Crippen molar-refractivity contribution in [3.8, 4) is 0 Å². The minimum absolute atomic E-state index is 0.0905. The lowest BCUT2D eigenvalue weighted by molar-refractivity contribution is -0.00849. The van der Waals surface area contributed by atoms with Crippen molar-refractivity contribution in [2.45, 2.75) is 38.0 Å². The summed E-state index contributed by atoms with van der Waals surface area (Å²) in [6.45, 7) is 3.02. The number of carbonyl (C=O) groups is 1. The molecule has 0 bridgehead atoms. The Labute approximate surface area is 191 Å². The SMILES string of the molecule is CN(CCCNC(=O)NCCc1cccs1)CC1CCC(n2cnc3c(N)ncnc32)O1. The summed E-state index contributed by atoms with van der Waals surface area (Å²) in [5, 5.41) is 7.87. The third-order valence-electron chi connectivity index (χ3n) is 5.54. The van der Waals surface area contributed by atoms with Crippen LogP contribution in [-0.2, 0) is 11.2 Å². The zero-order valence-corrected chi connectivity index (χ0v) is 19.1. The molecular weight excluding hydrogens is 428 g/mol. The molecule has 1 fully saturated rings. The monoisotopic (exact) mass is 458 g/mol. The summed E-state index contributed by atoms with van der Waals surface area (Å²) >= 11 is 1.71. The zero-order valence-electron chi connectivity index (χ0n) is 18.2. The van der Waals surface area contributed by atoms with Crippen LogP contribution in [0.5, 0.6) is 0 Å². The number of amides is 2. The number of hydrogen-bond donors (Lipinski definition) is 3. The fraction of sp³-hybridized carbons (Fsp3) is 0.524. The largest absolute Gasteiger partial charge is 0.382 e. The molecule has 0 saturated carbocycles. The molecule has 2 amide bonds. The summed E-state index contributed by atoms with van der Waals surface area (Å²) in [4.78, 5) is 28.0. The third kappa shape index (κ3) is 5.72. The van der Waals surface area contributed by atoms with Crippen LogP contribution >= 0.6 is 11.3 Å². The Morgan fingerprint density at radius 2 is 2.19 bits per heavy atom. The lowest BCUT2D eigenvalue weighted by atomic mass is 10.2. The molecule has 3 aromatic heterocycles. The Kier molecular flexibility index (Phi) is 7.51. The van der Waals surface area contributed by atoms with Gasteiger partial charge < -0.3 is 26.0 Å². The number of aromatic nitrogens is 4. The van der Waals surface area contributed by atoms with Crippen molar-refractivity contribution >= 4 is 34.3 Å². The predicted molar refractivity (Wildman–Crippen MR) is 124 cm³/mol. The van der Waals surface area contributed by atoms with E-state index < -0.39 is 0 Å². The lowest BCUT2D eigenvalue weighted by Gasteiger charge is -2.21. The number of urea groups is 1. The molecule has 4 heterocycles. The van der Waals surface area contributed by atoms with Crippen molar-refractivity contribution in [3.05, 3.63) is 35.0 Å². The van der Waals surface area contributed by atoms with Gasteiger partial charge in [0.05, 0.1) is 12.4 Å². The molecule has 4 N–H and O–H groups in total. The lowest BCUT2D eigenvalue weighted by Crippen LogP contribution is -2.38. The molecule has 3 aromatic rings. The molecule has 0 aromatic carbocycles. The molecule has 10 nitrogen and oxygen atoms in total. The highest BCUT2D eigenvalue weighted by Gasteiger charge is 2.28. The van der Waals surface area contributed by atoms with Gasteiger partial charge in [-0.1, -0.05) is 6.07 Å². The number of anilines is 1. The molecule has 1 aliphatic rings. The molecule has 0 radical (unpaired) electrons. The highest BCUT2D eigenvalue weighted by Crippen LogP contribution is 2.31. The van der Waals surface area contributed by atoms with Gasteiger partial charge in [-0.25, -0.2) is 19.7 Å². The topological polar surface area (TPSA) is 123 Å². The van der Waals surface area contributed by atoms with Crippen LogP contribution < -0.4 is 16.4 Å². The Morgan fingerprint density at radius 3 is 3.03 bits per heavy atom. The van der Waals surface area contributed by atoms with Gasteiger partial charge in [0.15, 0.2) is 11.5 Å². The highest BCUT2D eigenvalue weighted by atomic mass is 32.1. The smallest absolute Gasteiger partial charge is 0.314 e. The Balaban J connectivity index is 1.12. The zero-order chi connectivity index (χ0) is 22.3. The first kappa shape index (κ1) is 22.4. The van der Waals surface area contributed by atoms with Gasteiger partial charge in [-0.05, 0) is 50.7 Å². The number of thiophene rings is 1. The molecule has 1 saturated heterocycles. The van der Waals surface area contributed by atoms with Gasteiger partial charge in [0.25, 0.3) is 0 Å². The molecule has 172 valence electrons. The minimum Gasteiger partial charge on any atom is -0.382 e. The van der Waals surface area contributed by atoms with Crippen LogP contribution in [-0.4, -0.2) is 69.8 Å². The van der Waals surface area contributed by atoms with E-state index in [1.165, 1.54) is 11.2 Å². The second-order valence-electron chi connectivity index (χ2n) is 8.00. The van der Waals surface area contributed by atoms with E-state index in [2.05, 4.69) is 43.6 Å². The number of ether oxygens (including phenoxy) is 1. The normalized spacial score (nSPS) is 18.4. The van der Waals surface area contributed by atoms with E-state index in [-0.39, 0.29) is 18.4 Å². The standard InChI is InChI=1S/C21H30N8O2S/c1-28(10-3-8-23-21(30)24-9-7-16-4-2-11-32-16)12-15-5-6-17(31-15)29-14-27-18-19(22)25-13-26-20(18)29/h2,4,11,13-15,17H,3,5-10,12H2,1H3,(H2,22,25,26)(H2,23,24,30). The summed E-state index contributed by atoms with van der Waals surface area (Å²) in [6.07, 6.45) is 6.86. The van der Waals surface area contributed by atoms with Crippen LogP contribution in [0.3, 0.4) is 0 Å². The number of likely N-dealkylation sites (N-methyl/N-ethyl adjacent to an activating group) is 1. The van der Waals surface area contributed by atoms with Gasteiger partial charge in [-0.2, -0.15) is 0 Å². The molecule has 2 atom stereocenters. The van der Waals surface area contributed by atoms with Crippen LogP contribution in [0, 0.1) is 0 Å². The summed E-state index contributed by atoms with van der Waals surface area (Å²) in [6, 6.07) is 4.00. The molecule has 4 rings (SSSR count). The number of fused-ring (bicyclic) bond motifs is 1. The first-order chi connectivity index (χ1) is 15.6. The molecule has 11 heteroatoms. The second-order valence-corrected chi connectivity index (χ2v) is 9.03. The number of hydrogen-bond acceptors (Lipinski definition) is 8. The first-order valence-electron chi connectivity index (χ1n) is 10.9. The highest BCUT2D eigenvalue weighted by molar-refractivity contribution is 7.09. The van der Waals surface area contributed by atoms with E-state index in [1.807, 2.05) is 16.0 Å². The maximum absolute atomic E-state index is 11.9. The van der Waals surface area contributed by atoms with Crippen molar-refractivity contribution in [2.75, 3.05) is 39.0 Å². The van der Waals surface area contributed by atoms with Gasteiger partial charge in [0, 0.05) is 24.5 Å². The number of nitrogens with two attached hydrogens (primary N) is 1. The molecule has 2 unspecified atom stereocenters. The average molecular weight is 459 g/mol. The number of rotatable bonds is 10. The van der Waals surface area contributed by atoms with E-state index in [0.717, 1.165) is 38.8 Å². The average Bonchev–Trinajstić information content (AvgIpc) is 3.52. The van der Waals surface area contributed by atoms with Gasteiger partial charge in [0.2, 0.25) is 0 Å². The fourth-order valence-electron chi connectivity index (χ4n) is 3.91. The van der Waals surface area contributed by atoms with E-state index in [0.29, 0.717) is 30.1 Å². The summed E-state index contributed by atoms with van der Waals surface area (Å²) in [5.74, 6) is 0.382. The van der Waals surface area contributed by atoms with Gasteiger partial charge in [0.1, 0.15) is 18.1 Å². The van der Waals surface area contributed by atoms with Crippen molar-refractivity contribution in [1.82, 2.24) is 35.1 Å². The fourth-order valence-corrected chi connectivity index (χ4v) is 4.62. The second kappa shape index (κ2) is 10.7. The first-order valence-corrected chi connectivity index (χ1v) is 11.8. The van der Waals surface area contributed by atoms with Crippen LogP contribution in [0.1, 0.15) is 30.4 Å². The maximum atomic E-state index is 11.9. The van der Waals surface area contributed by atoms with E-state index in [1.54, 1.807) is 17.7 Å². The molecule has 1 aliphatic heterocycles. The number of nitrogen functional groups attached to an aromatic ring is 1. The predicted octanol–water partition coefficient (Wildman–Crippen LogP) is 2.01. The van der Waals surface area contributed by atoms with E-state index in [4.69, 9.17) is 10.5 Å². The molecule has 0 aliphatic carbocycles. The molecule has 32 heavy (non-hydrogen) atoms. The van der Waals surface area contributed by atoms with Crippen LogP contribution in [0.25, 0.3) is 11.2 Å². The van der Waals surface area contributed by atoms with Crippen LogP contribution in [0.2, 0.25) is 0 Å². The number of imidazole rings is 1. The Hall–Kier alpha value is -2.76. The number of carbonyl (C=O) groups excluding carboxylic acids is 1. The number of nitrogens with zero attached hydrogens (tertiary/aromatic N) is 5. The minimum atomic E-state index is -0.108. The number of nitrogens with one attached hydrogen (secondary N) is 2. The van der Waals surface area contributed by atoms with Crippen LogP contribution in [0.4, 0.5) is 10.6 Å². The summed E-state index contributed by atoms with van der Waals surface area (Å²) in [5.41, 5.74) is 7.19. The Bertz CT molecular complexity index is 1010. The van der Waals surface area contributed by atoms with E-state index >= 15 is 0 Å².